The molecule has 2 heterocycles. The number of benzene rings is 3. The van der Waals surface area contributed by atoms with Crippen molar-refractivity contribution < 1.29 is 9.59 Å². The molecule has 1 saturated heterocycles. The van der Waals surface area contributed by atoms with E-state index in [1.54, 1.807) is 0 Å². The van der Waals surface area contributed by atoms with Crippen molar-refractivity contribution in [1.82, 2.24) is 9.80 Å². The molecule has 0 aromatic heterocycles. The van der Waals surface area contributed by atoms with Gasteiger partial charge in [-0.2, -0.15) is 0 Å². The number of carbonyl (C=O) groups is 2. The van der Waals surface area contributed by atoms with Gasteiger partial charge in [0.05, 0.1) is 10.0 Å². The van der Waals surface area contributed by atoms with E-state index in [-0.39, 0.29) is 23.1 Å². The Labute approximate surface area is 260 Å². The highest BCUT2D eigenvalue weighted by Crippen LogP contribution is 2.47. The van der Waals surface area contributed by atoms with Gasteiger partial charge in [0.2, 0.25) is 5.91 Å². The highest BCUT2D eigenvalue weighted by molar-refractivity contribution is 6.42. The first-order chi connectivity index (χ1) is 20.1. The molecule has 0 radical (unpaired) electrons. The minimum atomic E-state index is 0.0258. The Morgan fingerprint density at radius 2 is 1.64 bits per heavy atom. The molecule has 1 fully saturated rings. The molecule has 222 valence electrons. The molecule has 0 unspecified atom stereocenters. The van der Waals surface area contributed by atoms with Gasteiger partial charge in [0, 0.05) is 49.1 Å². The average molecular weight is 607 g/mol. The predicted octanol–water partition coefficient (Wildman–Crippen LogP) is 7.65. The zero-order chi connectivity index (χ0) is 30.0. The van der Waals surface area contributed by atoms with Crippen molar-refractivity contribution in [2.24, 2.45) is 0 Å². The van der Waals surface area contributed by atoms with Crippen LogP contribution >= 0.6 is 23.2 Å². The molecule has 2 aliphatic heterocycles. The van der Waals surface area contributed by atoms with Crippen LogP contribution in [0.5, 0.6) is 0 Å². The second-order valence-corrected chi connectivity index (χ2v) is 13.0. The van der Waals surface area contributed by atoms with Crippen molar-refractivity contribution in [3.8, 4) is 0 Å². The molecule has 7 heteroatoms. The standard InChI is InChI=1S/C35H41Cl2N3O2/c1-5-33(41)40-23-35(29-8-6-7-9-32(29)40)13-16-39(17-14-35)15-12-27(26-10-11-30(36)31(37)21-26)22-38(4)34(42)28-19-24(2)18-25(3)20-28/h6-11,18-21,27H,5,12-17,22-23H2,1-4H3/t27-/m1/s1. The van der Waals surface area contributed by atoms with E-state index in [1.807, 2.05) is 74.0 Å². The van der Waals surface area contributed by atoms with Gasteiger partial charge in [-0.25, -0.2) is 0 Å². The molecule has 1 spiro atoms. The number of hydrogen-bond donors (Lipinski definition) is 0. The van der Waals surface area contributed by atoms with Crippen LogP contribution in [0.1, 0.15) is 71.1 Å². The summed E-state index contributed by atoms with van der Waals surface area (Å²) >= 11 is 12.7. The average Bonchev–Trinajstić information content (AvgIpc) is 3.30. The molecule has 3 aromatic rings. The lowest BCUT2D eigenvalue weighted by Gasteiger charge is -2.40. The Bertz CT molecular complexity index is 1440. The van der Waals surface area contributed by atoms with Crippen LogP contribution in [0.3, 0.4) is 0 Å². The molecule has 2 aliphatic rings. The Kier molecular flexibility index (Phi) is 9.31. The first-order valence-electron chi connectivity index (χ1n) is 15.0. The number of likely N-dealkylation sites (tertiary alicyclic amines) is 1. The van der Waals surface area contributed by atoms with E-state index in [2.05, 4.69) is 29.2 Å². The number of carbonyl (C=O) groups excluding carboxylic acids is 2. The largest absolute Gasteiger partial charge is 0.341 e. The van der Waals surface area contributed by atoms with Gasteiger partial charge in [-0.3, -0.25) is 9.59 Å². The summed E-state index contributed by atoms with van der Waals surface area (Å²) in [6.07, 6.45) is 3.47. The number of fused-ring (bicyclic) bond motifs is 2. The number of halogens is 2. The van der Waals surface area contributed by atoms with Gasteiger partial charge in [-0.05, 0) is 94.2 Å². The van der Waals surface area contributed by atoms with Crippen LogP contribution in [-0.4, -0.2) is 61.4 Å². The fraction of sp³-hybridized carbons (Fsp3) is 0.429. The zero-order valence-corrected chi connectivity index (χ0v) is 26.6. The number of aryl methyl sites for hydroxylation is 2. The number of para-hydroxylation sites is 1. The number of nitrogens with zero attached hydrogens (tertiary/aromatic N) is 3. The lowest BCUT2D eigenvalue weighted by molar-refractivity contribution is -0.118. The van der Waals surface area contributed by atoms with Crippen molar-refractivity contribution in [2.45, 2.75) is 57.8 Å². The molecular weight excluding hydrogens is 565 g/mol. The normalized spacial score (nSPS) is 16.9. The predicted molar refractivity (Wildman–Crippen MR) is 173 cm³/mol. The summed E-state index contributed by atoms with van der Waals surface area (Å²) in [4.78, 5) is 32.6. The summed E-state index contributed by atoms with van der Waals surface area (Å²) in [5.74, 6) is 0.337. The van der Waals surface area contributed by atoms with Crippen LogP contribution < -0.4 is 4.90 Å². The number of anilines is 1. The molecule has 0 bridgehead atoms. The van der Waals surface area contributed by atoms with Crippen LogP contribution in [0.2, 0.25) is 10.0 Å². The van der Waals surface area contributed by atoms with Gasteiger partial charge in [0.15, 0.2) is 0 Å². The minimum absolute atomic E-state index is 0.0258. The summed E-state index contributed by atoms with van der Waals surface area (Å²) in [6, 6.07) is 20.3. The van der Waals surface area contributed by atoms with Gasteiger partial charge in [0.1, 0.15) is 0 Å². The first-order valence-corrected chi connectivity index (χ1v) is 15.8. The van der Waals surface area contributed by atoms with E-state index in [4.69, 9.17) is 23.2 Å². The van der Waals surface area contributed by atoms with Crippen LogP contribution in [-0.2, 0) is 10.2 Å². The van der Waals surface area contributed by atoms with Gasteiger partial charge in [-0.15, -0.1) is 0 Å². The topological polar surface area (TPSA) is 43.9 Å². The van der Waals surface area contributed by atoms with Crippen molar-refractivity contribution in [3.63, 3.8) is 0 Å². The molecule has 2 amide bonds. The minimum Gasteiger partial charge on any atom is -0.341 e. The van der Waals surface area contributed by atoms with E-state index in [9.17, 15) is 9.59 Å². The third-order valence-electron chi connectivity index (χ3n) is 9.16. The highest BCUT2D eigenvalue weighted by Gasteiger charge is 2.45. The molecule has 5 nitrogen and oxygen atoms in total. The van der Waals surface area contributed by atoms with Crippen molar-refractivity contribution in [1.29, 1.82) is 0 Å². The molecule has 0 N–H and O–H groups in total. The van der Waals surface area contributed by atoms with E-state index < -0.39 is 0 Å². The Balaban J connectivity index is 1.28. The van der Waals surface area contributed by atoms with Crippen molar-refractivity contribution >= 4 is 40.7 Å². The zero-order valence-electron chi connectivity index (χ0n) is 25.1. The van der Waals surface area contributed by atoms with Crippen molar-refractivity contribution in [2.75, 3.05) is 44.7 Å². The van der Waals surface area contributed by atoms with Crippen LogP contribution in [0, 0.1) is 13.8 Å². The maximum atomic E-state index is 13.4. The molecule has 1 atom stereocenters. The molecule has 5 rings (SSSR count). The number of likely N-dealkylation sites (N-methyl/N-ethyl adjacent to an activating group) is 1. The maximum Gasteiger partial charge on any atom is 0.253 e. The lowest BCUT2D eigenvalue weighted by atomic mass is 9.74. The molecular formula is C35H41Cl2N3O2. The maximum absolute atomic E-state index is 13.4. The summed E-state index contributed by atoms with van der Waals surface area (Å²) in [5.41, 5.74) is 6.43. The molecule has 0 aliphatic carbocycles. The summed E-state index contributed by atoms with van der Waals surface area (Å²) in [7, 11) is 1.88. The van der Waals surface area contributed by atoms with Crippen LogP contribution in [0.15, 0.2) is 60.7 Å². The quantitative estimate of drug-likeness (QED) is 0.265. The number of piperidine rings is 1. The highest BCUT2D eigenvalue weighted by atomic mass is 35.5. The summed E-state index contributed by atoms with van der Waals surface area (Å²) in [6.45, 7) is 10.2. The lowest BCUT2D eigenvalue weighted by Crippen LogP contribution is -2.46. The van der Waals surface area contributed by atoms with E-state index in [0.717, 1.165) is 73.4 Å². The smallest absolute Gasteiger partial charge is 0.253 e. The first kappa shape index (κ1) is 30.6. The van der Waals surface area contributed by atoms with Gasteiger partial charge < -0.3 is 14.7 Å². The van der Waals surface area contributed by atoms with Crippen LogP contribution in [0.25, 0.3) is 0 Å². The summed E-state index contributed by atoms with van der Waals surface area (Å²) < 4.78 is 0. The van der Waals surface area contributed by atoms with Gasteiger partial charge in [0.25, 0.3) is 5.91 Å². The van der Waals surface area contributed by atoms with E-state index in [0.29, 0.717) is 23.0 Å². The Hall–Kier alpha value is -2.86. The second-order valence-electron chi connectivity index (χ2n) is 12.2. The molecule has 42 heavy (non-hydrogen) atoms. The van der Waals surface area contributed by atoms with Crippen LogP contribution in [0.4, 0.5) is 5.69 Å². The molecule has 3 aromatic carbocycles. The number of rotatable bonds is 8. The molecule has 0 saturated carbocycles. The van der Waals surface area contributed by atoms with E-state index >= 15 is 0 Å². The monoisotopic (exact) mass is 605 g/mol. The number of amides is 2. The van der Waals surface area contributed by atoms with Gasteiger partial charge >= 0.3 is 0 Å². The fourth-order valence-corrected chi connectivity index (χ4v) is 7.18. The van der Waals surface area contributed by atoms with Gasteiger partial charge in [-0.1, -0.05) is 71.6 Å². The fourth-order valence-electron chi connectivity index (χ4n) is 6.88. The Morgan fingerprint density at radius 3 is 2.31 bits per heavy atom. The SMILES string of the molecule is CCC(=O)N1CC2(CCN(CC[C@H](CN(C)C(=O)c3cc(C)cc(C)c3)c3ccc(Cl)c(Cl)c3)CC2)c2ccccc21. The number of hydrogen-bond acceptors (Lipinski definition) is 3. The van der Waals surface area contributed by atoms with E-state index in [1.165, 1.54) is 5.56 Å². The summed E-state index contributed by atoms with van der Waals surface area (Å²) in [5, 5.41) is 1.07. The van der Waals surface area contributed by atoms with Crippen molar-refractivity contribution in [3.05, 3.63) is 98.5 Å². The Morgan fingerprint density at radius 1 is 0.952 bits per heavy atom. The second kappa shape index (κ2) is 12.8. The third-order valence-corrected chi connectivity index (χ3v) is 9.90. The third kappa shape index (κ3) is 6.39.